The zero-order valence-corrected chi connectivity index (χ0v) is 10.1. The first kappa shape index (κ1) is 11.8. The number of hydrogen-bond acceptors (Lipinski definition) is 4. The molecular formula is C13H16O4. The van der Waals surface area contributed by atoms with Crippen molar-refractivity contribution in [2.75, 3.05) is 13.2 Å². The van der Waals surface area contributed by atoms with E-state index in [1.54, 1.807) is 0 Å². The van der Waals surface area contributed by atoms with Crippen LogP contribution < -0.4 is 9.47 Å². The lowest BCUT2D eigenvalue weighted by Gasteiger charge is -2.18. The predicted molar refractivity (Wildman–Crippen MR) is 62.4 cm³/mol. The van der Waals surface area contributed by atoms with Crippen LogP contribution in [0.4, 0.5) is 0 Å². The number of fused-ring (bicyclic) bond motifs is 1. The molecule has 2 rings (SSSR count). The standard InChI is InChI=1S/C13H16O4/c1-9(2)17-13(14)8-10-3-4-11-12(7-10)16-6-5-15-11/h3-4,7,9H,5-6,8H2,1-2H3. The average Bonchev–Trinajstić information content (AvgIpc) is 2.27. The Bertz CT molecular complexity index is 412. The fourth-order valence-corrected chi connectivity index (χ4v) is 1.67. The van der Waals surface area contributed by atoms with Gasteiger partial charge in [-0.15, -0.1) is 0 Å². The van der Waals surface area contributed by atoms with E-state index in [0.717, 1.165) is 11.3 Å². The first-order valence-corrected chi connectivity index (χ1v) is 5.73. The van der Waals surface area contributed by atoms with E-state index >= 15 is 0 Å². The van der Waals surface area contributed by atoms with Crippen LogP contribution in [0, 0.1) is 0 Å². The van der Waals surface area contributed by atoms with Crippen molar-refractivity contribution in [2.45, 2.75) is 26.4 Å². The van der Waals surface area contributed by atoms with Crippen LogP contribution in [-0.2, 0) is 16.0 Å². The van der Waals surface area contributed by atoms with Crippen molar-refractivity contribution in [1.82, 2.24) is 0 Å². The molecule has 0 fully saturated rings. The summed E-state index contributed by atoms with van der Waals surface area (Å²) in [7, 11) is 0. The third-order valence-corrected chi connectivity index (χ3v) is 2.32. The van der Waals surface area contributed by atoms with Gasteiger partial charge in [0.1, 0.15) is 13.2 Å². The molecule has 1 heterocycles. The number of carbonyl (C=O) groups is 1. The lowest BCUT2D eigenvalue weighted by molar-refractivity contribution is -0.146. The average molecular weight is 236 g/mol. The third kappa shape index (κ3) is 3.12. The molecule has 0 unspecified atom stereocenters. The van der Waals surface area contributed by atoms with Gasteiger partial charge in [0, 0.05) is 0 Å². The number of esters is 1. The maximum atomic E-state index is 11.5. The molecule has 4 heteroatoms. The zero-order chi connectivity index (χ0) is 12.3. The van der Waals surface area contributed by atoms with Gasteiger partial charge < -0.3 is 14.2 Å². The highest BCUT2D eigenvalue weighted by atomic mass is 16.6. The van der Waals surface area contributed by atoms with Gasteiger partial charge in [0.2, 0.25) is 0 Å². The topological polar surface area (TPSA) is 44.8 Å². The summed E-state index contributed by atoms with van der Waals surface area (Å²) >= 11 is 0. The lowest BCUT2D eigenvalue weighted by atomic mass is 10.1. The summed E-state index contributed by atoms with van der Waals surface area (Å²) in [6, 6.07) is 5.51. The molecule has 0 N–H and O–H groups in total. The van der Waals surface area contributed by atoms with Crippen molar-refractivity contribution in [3.8, 4) is 11.5 Å². The number of ether oxygens (including phenoxy) is 3. The highest BCUT2D eigenvalue weighted by Crippen LogP contribution is 2.30. The van der Waals surface area contributed by atoms with Crippen LogP contribution in [0.2, 0.25) is 0 Å². The molecule has 17 heavy (non-hydrogen) atoms. The van der Waals surface area contributed by atoms with E-state index in [1.165, 1.54) is 0 Å². The largest absolute Gasteiger partial charge is 0.486 e. The quantitative estimate of drug-likeness (QED) is 0.752. The Morgan fingerprint density at radius 1 is 1.29 bits per heavy atom. The van der Waals surface area contributed by atoms with Crippen molar-refractivity contribution >= 4 is 5.97 Å². The SMILES string of the molecule is CC(C)OC(=O)Cc1ccc2c(c1)OCCO2. The minimum absolute atomic E-state index is 0.0836. The molecule has 1 aliphatic heterocycles. The van der Waals surface area contributed by atoms with E-state index in [4.69, 9.17) is 14.2 Å². The Hall–Kier alpha value is -1.71. The molecule has 0 amide bonds. The van der Waals surface area contributed by atoms with Crippen LogP contribution in [0.5, 0.6) is 11.5 Å². The second-order valence-corrected chi connectivity index (χ2v) is 4.19. The van der Waals surface area contributed by atoms with Gasteiger partial charge in [-0.3, -0.25) is 4.79 Å². The highest BCUT2D eigenvalue weighted by molar-refractivity contribution is 5.73. The number of benzene rings is 1. The third-order valence-electron chi connectivity index (χ3n) is 2.32. The molecule has 0 aliphatic carbocycles. The molecule has 92 valence electrons. The first-order chi connectivity index (χ1) is 8.15. The van der Waals surface area contributed by atoms with E-state index in [-0.39, 0.29) is 18.5 Å². The fraction of sp³-hybridized carbons (Fsp3) is 0.462. The normalized spacial score (nSPS) is 13.6. The number of rotatable bonds is 3. The molecule has 4 nitrogen and oxygen atoms in total. The Morgan fingerprint density at radius 3 is 2.71 bits per heavy atom. The van der Waals surface area contributed by atoms with E-state index < -0.39 is 0 Å². The fourth-order valence-electron chi connectivity index (χ4n) is 1.67. The van der Waals surface area contributed by atoms with Gasteiger partial charge >= 0.3 is 5.97 Å². The molecule has 0 bridgehead atoms. The Labute approximate surface area is 100 Å². The zero-order valence-electron chi connectivity index (χ0n) is 10.1. The maximum absolute atomic E-state index is 11.5. The van der Waals surface area contributed by atoms with Crippen molar-refractivity contribution in [3.05, 3.63) is 23.8 Å². The smallest absolute Gasteiger partial charge is 0.310 e. The second kappa shape index (κ2) is 5.08. The summed E-state index contributed by atoms with van der Waals surface area (Å²) in [4.78, 5) is 11.5. The van der Waals surface area contributed by atoms with Crippen molar-refractivity contribution in [1.29, 1.82) is 0 Å². The Balaban J connectivity index is 2.04. The van der Waals surface area contributed by atoms with Crippen molar-refractivity contribution < 1.29 is 19.0 Å². The van der Waals surface area contributed by atoms with Crippen LogP contribution in [0.25, 0.3) is 0 Å². The van der Waals surface area contributed by atoms with E-state index in [2.05, 4.69) is 0 Å². The van der Waals surface area contributed by atoms with Crippen LogP contribution in [0.3, 0.4) is 0 Å². The summed E-state index contributed by atoms with van der Waals surface area (Å²) in [5, 5.41) is 0. The first-order valence-electron chi connectivity index (χ1n) is 5.73. The van der Waals surface area contributed by atoms with Crippen molar-refractivity contribution in [3.63, 3.8) is 0 Å². The van der Waals surface area contributed by atoms with Gasteiger partial charge in [-0.1, -0.05) is 6.07 Å². The molecule has 0 saturated heterocycles. The summed E-state index contributed by atoms with van der Waals surface area (Å²) in [6.45, 7) is 4.79. The predicted octanol–water partition coefficient (Wildman–Crippen LogP) is 1.95. The number of hydrogen-bond donors (Lipinski definition) is 0. The summed E-state index contributed by atoms with van der Waals surface area (Å²) < 4.78 is 15.9. The van der Waals surface area contributed by atoms with Gasteiger partial charge in [-0.2, -0.15) is 0 Å². The molecule has 1 aromatic rings. The molecule has 1 aromatic carbocycles. The Kier molecular flexibility index (Phi) is 3.52. The molecule has 0 atom stereocenters. The molecule has 0 spiro atoms. The van der Waals surface area contributed by atoms with Gasteiger partial charge in [-0.05, 0) is 31.5 Å². The minimum atomic E-state index is -0.225. The van der Waals surface area contributed by atoms with Crippen LogP contribution in [0.1, 0.15) is 19.4 Å². The van der Waals surface area contributed by atoms with E-state index in [9.17, 15) is 4.79 Å². The van der Waals surface area contributed by atoms with E-state index in [0.29, 0.717) is 19.0 Å². The van der Waals surface area contributed by atoms with Crippen LogP contribution in [0.15, 0.2) is 18.2 Å². The second-order valence-electron chi connectivity index (χ2n) is 4.19. The van der Waals surface area contributed by atoms with Gasteiger partial charge in [0.15, 0.2) is 11.5 Å². The Morgan fingerprint density at radius 2 is 2.00 bits per heavy atom. The minimum Gasteiger partial charge on any atom is -0.486 e. The number of carbonyl (C=O) groups excluding carboxylic acids is 1. The van der Waals surface area contributed by atoms with E-state index in [1.807, 2.05) is 32.0 Å². The van der Waals surface area contributed by atoms with Gasteiger partial charge in [0.25, 0.3) is 0 Å². The highest BCUT2D eigenvalue weighted by Gasteiger charge is 2.13. The van der Waals surface area contributed by atoms with Gasteiger partial charge in [-0.25, -0.2) is 0 Å². The molecule has 1 aliphatic rings. The summed E-state index contributed by atoms with van der Waals surface area (Å²) in [5.41, 5.74) is 0.875. The van der Waals surface area contributed by atoms with Gasteiger partial charge in [0.05, 0.1) is 12.5 Å². The maximum Gasteiger partial charge on any atom is 0.310 e. The van der Waals surface area contributed by atoms with Crippen molar-refractivity contribution in [2.24, 2.45) is 0 Å². The summed E-state index contributed by atoms with van der Waals surface area (Å²) in [6.07, 6.45) is 0.175. The summed E-state index contributed by atoms with van der Waals surface area (Å²) in [5.74, 6) is 1.21. The van der Waals surface area contributed by atoms with Crippen LogP contribution in [-0.4, -0.2) is 25.3 Å². The molecule has 0 radical (unpaired) electrons. The monoisotopic (exact) mass is 236 g/mol. The van der Waals surface area contributed by atoms with Crippen LogP contribution >= 0.6 is 0 Å². The molecule has 0 aromatic heterocycles. The lowest BCUT2D eigenvalue weighted by Crippen LogP contribution is -2.16. The molecule has 0 saturated carbocycles. The molecular weight excluding hydrogens is 220 g/mol.